The lowest BCUT2D eigenvalue weighted by molar-refractivity contribution is -0.215. The average molecular weight is 306 g/mol. The Morgan fingerprint density at radius 1 is 1.33 bits per heavy atom. The Kier molecular flexibility index (Phi) is 5.16. The van der Waals surface area contributed by atoms with Gasteiger partial charge in [0.1, 0.15) is 5.60 Å². The van der Waals surface area contributed by atoms with Gasteiger partial charge in [0, 0.05) is 19.6 Å². The zero-order valence-corrected chi connectivity index (χ0v) is 12.2. The Morgan fingerprint density at radius 3 is 2.48 bits per heavy atom. The summed E-state index contributed by atoms with van der Waals surface area (Å²) in [6.45, 7) is 2.47. The second-order valence-electron chi connectivity index (χ2n) is 6.14. The highest BCUT2D eigenvalue weighted by Gasteiger charge is 2.60. The lowest BCUT2D eigenvalue weighted by Crippen LogP contribution is -2.60. The van der Waals surface area contributed by atoms with E-state index in [0.29, 0.717) is 19.4 Å². The molecular weight excluding hydrogens is 282 g/mol. The van der Waals surface area contributed by atoms with Crippen molar-refractivity contribution < 1.29 is 23.8 Å². The molecule has 21 heavy (non-hydrogen) atoms. The number of piperidine rings is 1. The molecule has 5 nitrogen and oxygen atoms in total. The highest BCUT2D eigenvalue weighted by atomic mass is 19.3. The molecular formula is C14H24F2N2O3. The maximum Gasteiger partial charge on any atom is 0.352 e. The molecule has 0 spiro atoms. The van der Waals surface area contributed by atoms with E-state index >= 15 is 0 Å². The molecule has 3 N–H and O–H groups in total. The molecule has 0 aromatic rings. The smallest absolute Gasteiger partial charge is 0.352 e. The fourth-order valence-electron chi connectivity index (χ4n) is 2.80. The molecule has 0 unspecified atom stereocenters. The summed E-state index contributed by atoms with van der Waals surface area (Å²) in [4.78, 5) is 13.7. The zero-order chi connectivity index (χ0) is 15.5. The number of alkyl halides is 2. The van der Waals surface area contributed by atoms with E-state index in [4.69, 9.17) is 0 Å². The number of amides is 1. The monoisotopic (exact) mass is 306 g/mol. The van der Waals surface area contributed by atoms with Gasteiger partial charge in [0.2, 0.25) is 0 Å². The molecule has 0 bridgehead atoms. The van der Waals surface area contributed by atoms with E-state index in [9.17, 15) is 23.8 Å². The predicted octanol–water partition coefficient (Wildman–Crippen LogP) is 0.500. The third-order valence-electron chi connectivity index (χ3n) is 4.54. The SMILES string of the molecule is O=C(NCCCN1CCC(O)CC1)C(F)(F)C1(O)CCC1. The van der Waals surface area contributed by atoms with E-state index in [-0.39, 0.29) is 25.5 Å². The molecule has 0 atom stereocenters. The fraction of sp³-hybridized carbons (Fsp3) is 0.929. The van der Waals surface area contributed by atoms with E-state index in [1.54, 1.807) is 0 Å². The van der Waals surface area contributed by atoms with Crippen LogP contribution in [0.5, 0.6) is 0 Å². The number of carbonyl (C=O) groups excluding carboxylic acids is 1. The topological polar surface area (TPSA) is 72.8 Å². The Balaban J connectivity index is 1.65. The van der Waals surface area contributed by atoms with Gasteiger partial charge in [-0.25, -0.2) is 0 Å². The molecule has 1 saturated heterocycles. The van der Waals surface area contributed by atoms with Gasteiger partial charge in [0.25, 0.3) is 5.91 Å². The van der Waals surface area contributed by atoms with E-state index < -0.39 is 17.4 Å². The highest BCUT2D eigenvalue weighted by molar-refractivity contribution is 5.85. The van der Waals surface area contributed by atoms with Crippen LogP contribution in [0.25, 0.3) is 0 Å². The number of hydrogen-bond acceptors (Lipinski definition) is 4. The summed E-state index contributed by atoms with van der Waals surface area (Å²) in [5.41, 5.74) is -2.15. The first-order chi connectivity index (χ1) is 9.85. The quantitative estimate of drug-likeness (QED) is 0.625. The Hall–Kier alpha value is -0.790. The summed E-state index contributed by atoms with van der Waals surface area (Å²) in [5.74, 6) is -5.08. The predicted molar refractivity (Wildman–Crippen MR) is 73.1 cm³/mol. The van der Waals surface area contributed by atoms with Crippen molar-refractivity contribution in [1.29, 1.82) is 0 Å². The third kappa shape index (κ3) is 3.70. The zero-order valence-electron chi connectivity index (χ0n) is 12.2. The molecule has 1 aliphatic carbocycles. The molecule has 1 aliphatic heterocycles. The number of aliphatic hydroxyl groups is 2. The lowest BCUT2D eigenvalue weighted by Gasteiger charge is -2.41. The summed E-state index contributed by atoms with van der Waals surface area (Å²) < 4.78 is 27.5. The molecule has 1 amide bonds. The average Bonchev–Trinajstić information content (AvgIpc) is 2.42. The third-order valence-corrected chi connectivity index (χ3v) is 4.54. The van der Waals surface area contributed by atoms with Crippen molar-refractivity contribution in [1.82, 2.24) is 10.2 Å². The first kappa shape index (κ1) is 16.6. The highest BCUT2D eigenvalue weighted by Crippen LogP contribution is 2.44. The van der Waals surface area contributed by atoms with Crippen molar-refractivity contribution in [2.75, 3.05) is 26.2 Å². The van der Waals surface area contributed by atoms with Crippen LogP contribution in [0.3, 0.4) is 0 Å². The maximum absolute atomic E-state index is 13.8. The van der Waals surface area contributed by atoms with Gasteiger partial charge in [-0.3, -0.25) is 4.79 Å². The van der Waals surface area contributed by atoms with Crippen molar-refractivity contribution in [3.8, 4) is 0 Å². The molecule has 2 rings (SSSR count). The van der Waals surface area contributed by atoms with Crippen LogP contribution < -0.4 is 5.32 Å². The van der Waals surface area contributed by atoms with E-state index in [1.165, 1.54) is 0 Å². The van der Waals surface area contributed by atoms with Crippen LogP contribution >= 0.6 is 0 Å². The number of likely N-dealkylation sites (tertiary alicyclic amines) is 1. The summed E-state index contributed by atoms with van der Waals surface area (Å²) in [6, 6.07) is 0. The Labute approximate surface area is 123 Å². The Bertz CT molecular complexity index is 367. The van der Waals surface area contributed by atoms with Crippen LogP contribution in [0, 0.1) is 0 Å². The molecule has 1 saturated carbocycles. The summed E-state index contributed by atoms with van der Waals surface area (Å²) in [7, 11) is 0. The minimum absolute atomic E-state index is 0.0243. The fourth-order valence-corrected chi connectivity index (χ4v) is 2.80. The van der Waals surface area contributed by atoms with E-state index in [1.807, 2.05) is 0 Å². The molecule has 2 aliphatic rings. The van der Waals surface area contributed by atoms with Crippen LogP contribution in [0.2, 0.25) is 0 Å². The van der Waals surface area contributed by atoms with Gasteiger partial charge in [0.05, 0.1) is 6.10 Å². The van der Waals surface area contributed by atoms with Gasteiger partial charge < -0.3 is 20.4 Å². The van der Waals surface area contributed by atoms with E-state index in [2.05, 4.69) is 10.2 Å². The standard InChI is InChI=1S/C14H24F2N2O3/c15-14(16,13(21)5-1-6-13)12(20)17-7-2-8-18-9-3-11(19)4-10-18/h11,19,21H,1-10H2,(H,17,20). The van der Waals surface area contributed by atoms with Crippen molar-refractivity contribution in [2.45, 2.75) is 56.2 Å². The number of carbonyl (C=O) groups is 1. The molecule has 0 aromatic carbocycles. The second kappa shape index (κ2) is 6.54. The normalized spacial score (nSPS) is 23.6. The first-order valence-electron chi connectivity index (χ1n) is 7.64. The van der Waals surface area contributed by atoms with Crippen LogP contribution in [0.15, 0.2) is 0 Å². The number of aliphatic hydroxyl groups excluding tert-OH is 1. The first-order valence-corrected chi connectivity index (χ1v) is 7.64. The largest absolute Gasteiger partial charge is 0.393 e. The molecule has 2 fully saturated rings. The summed E-state index contributed by atoms with van der Waals surface area (Å²) in [6.07, 6.45) is 2.29. The number of nitrogens with one attached hydrogen (secondary N) is 1. The molecule has 0 radical (unpaired) electrons. The molecule has 7 heteroatoms. The molecule has 1 heterocycles. The number of rotatable bonds is 6. The van der Waals surface area contributed by atoms with Crippen LogP contribution in [0.1, 0.15) is 38.5 Å². The van der Waals surface area contributed by atoms with Crippen molar-refractivity contribution in [3.63, 3.8) is 0 Å². The maximum atomic E-state index is 13.8. The lowest BCUT2D eigenvalue weighted by atomic mass is 9.75. The van der Waals surface area contributed by atoms with Gasteiger partial charge in [-0.2, -0.15) is 8.78 Å². The summed E-state index contributed by atoms with van der Waals surface area (Å²) >= 11 is 0. The van der Waals surface area contributed by atoms with Crippen LogP contribution in [0.4, 0.5) is 8.78 Å². The molecule has 0 aromatic heterocycles. The summed E-state index contributed by atoms with van der Waals surface area (Å²) in [5, 5.41) is 21.2. The number of hydrogen-bond donors (Lipinski definition) is 3. The number of nitrogens with zero attached hydrogens (tertiary/aromatic N) is 1. The van der Waals surface area contributed by atoms with Gasteiger partial charge in [0.15, 0.2) is 0 Å². The van der Waals surface area contributed by atoms with Gasteiger partial charge in [-0.1, -0.05) is 0 Å². The second-order valence-corrected chi connectivity index (χ2v) is 6.14. The van der Waals surface area contributed by atoms with Gasteiger partial charge in [-0.05, 0) is 45.1 Å². The van der Waals surface area contributed by atoms with Crippen LogP contribution in [-0.4, -0.2) is 64.8 Å². The Morgan fingerprint density at radius 2 is 1.95 bits per heavy atom. The van der Waals surface area contributed by atoms with E-state index in [0.717, 1.165) is 25.9 Å². The van der Waals surface area contributed by atoms with Gasteiger partial charge >= 0.3 is 5.92 Å². The minimum Gasteiger partial charge on any atom is -0.393 e. The van der Waals surface area contributed by atoms with Crippen molar-refractivity contribution >= 4 is 5.91 Å². The van der Waals surface area contributed by atoms with Crippen molar-refractivity contribution in [3.05, 3.63) is 0 Å². The molecule has 122 valence electrons. The van der Waals surface area contributed by atoms with Gasteiger partial charge in [-0.15, -0.1) is 0 Å². The van der Waals surface area contributed by atoms with Crippen molar-refractivity contribution in [2.24, 2.45) is 0 Å². The van der Waals surface area contributed by atoms with Crippen LogP contribution in [-0.2, 0) is 4.79 Å². The minimum atomic E-state index is -3.71. The number of halogens is 2.